The van der Waals surface area contributed by atoms with Crippen molar-refractivity contribution in [3.05, 3.63) is 22.7 Å². The summed E-state index contributed by atoms with van der Waals surface area (Å²) in [6.07, 6.45) is 3.96. The van der Waals surface area contributed by atoms with Crippen LogP contribution in [-0.4, -0.2) is 32.3 Å². The Hall–Kier alpha value is -0.740. The molecule has 2 aliphatic rings. The third-order valence-electron chi connectivity index (χ3n) is 4.58. The fourth-order valence-electron chi connectivity index (χ4n) is 3.15. The zero-order valence-corrected chi connectivity index (χ0v) is 13.8. The van der Waals surface area contributed by atoms with E-state index in [1.807, 2.05) is 0 Å². The Labute approximate surface area is 129 Å². The first kappa shape index (κ1) is 14.2. The van der Waals surface area contributed by atoms with E-state index >= 15 is 0 Å². The number of rotatable bonds is 4. The second-order valence-electron chi connectivity index (χ2n) is 5.89. The number of hydrogen-bond acceptors (Lipinski definition) is 3. The maximum absolute atomic E-state index is 5.44. The molecule has 0 amide bonds. The minimum absolute atomic E-state index is 0.580. The lowest BCUT2D eigenvalue weighted by Gasteiger charge is -2.42. The van der Waals surface area contributed by atoms with Gasteiger partial charge in [-0.2, -0.15) is 0 Å². The second-order valence-corrected chi connectivity index (χ2v) is 6.74. The van der Waals surface area contributed by atoms with Gasteiger partial charge in [-0.05, 0) is 53.2 Å². The second kappa shape index (κ2) is 5.94. The normalized spacial score (nSPS) is 26.6. The largest absolute Gasteiger partial charge is 0.495 e. The molecule has 4 heteroatoms. The van der Waals surface area contributed by atoms with Gasteiger partial charge >= 0.3 is 0 Å². The van der Waals surface area contributed by atoms with E-state index in [2.05, 4.69) is 51.3 Å². The summed E-state index contributed by atoms with van der Waals surface area (Å²) in [5.41, 5.74) is 1.28. The van der Waals surface area contributed by atoms with E-state index < -0.39 is 0 Å². The number of methoxy groups -OCH3 is 1. The Balaban J connectivity index is 1.83. The van der Waals surface area contributed by atoms with Gasteiger partial charge in [-0.25, -0.2) is 0 Å². The number of ether oxygens (including phenoxy) is 1. The van der Waals surface area contributed by atoms with Gasteiger partial charge in [-0.3, -0.25) is 0 Å². The lowest BCUT2D eigenvalue weighted by atomic mass is 10.0. The number of halogens is 1. The predicted octanol–water partition coefficient (Wildman–Crippen LogP) is 3.42. The predicted molar refractivity (Wildman–Crippen MR) is 86.6 cm³/mol. The molecule has 1 aliphatic heterocycles. The van der Waals surface area contributed by atoms with Gasteiger partial charge in [0.2, 0.25) is 0 Å². The van der Waals surface area contributed by atoms with E-state index in [0.717, 1.165) is 29.2 Å². The van der Waals surface area contributed by atoms with E-state index in [9.17, 15) is 0 Å². The summed E-state index contributed by atoms with van der Waals surface area (Å²) >= 11 is 3.54. The first-order valence-electron chi connectivity index (χ1n) is 7.56. The van der Waals surface area contributed by atoms with Crippen molar-refractivity contribution < 1.29 is 4.74 Å². The summed E-state index contributed by atoms with van der Waals surface area (Å²) in [5, 5.41) is 3.74. The van der Waals surface area contributed by atoms with Crippen molar-refractivity contribution in [3.8, 4) is 5.75 Å². The van der Waals surface area contributed by atoms with Crippen LogP contribution >= 0.6 is 15.9 Å². The molecule has 110 valence electrons. The van der Waals surface area contributed by atoms with Crippen LogP contribution in [0.4, 0.5) is 5.69 Å². The molecule has 0 radical (unpaired) electrons. The highest BCUT2D eigenvalue weighted by Gasteiger charge is 2.36. The van der Waals surface area contributed by atoms with Crippen LogP contribution in [0, 0.1) is 5.92 Å². The molecule has 0 aromatic heterocycles. The van der Waals surface area contributed by atoms with Gasteiger partial charge in [0.05, 0.1) is 11.6 Å². The first-order chi connectivity index (χ1) is 9.72. The molecule has 1 heterocycles. The van der Waals surface area contributed by atoms with Crippen LogP contribution in [0.3, 0.4) is 0 Å². The molecule has 3 nitrogen and oxygen atoms in total. The Morgan fingerprint density at radius 1 is 1.40 bits per heavy atom. The number of piperazine rings is 1. The zero-order valence-electron chi connectivity index (χ0n) is 12.2. The molecule has 20 heavy (non-hydrogen) atoms. The number of benzene rings is 1. The van der Waals surface area contributed by atoms with E-state index in [1.54, 1.807) is 7.11 Å². The molecule has 1 aromatic rings. The molecule has 3 rings (SSSR count). The van der Waals surface area contributed by atoms with Gasteiger partial charge < -0.3 is 15.0 Å². The van der Waals surface area contributed by atoms with E-state index in [1.165, 1.54) is 24.9 Å². The Morgan fingerprint density at radius 2 is 2.20 bits per heavy atom. The SMILES string of the molecule is CCC1CNC(C2CC2)CN1c1ccc(Br)c(OC)c1. The monoisotopic (exact) mass is 338 g/mol. The van der Waals surface area contributed by atoms with Crippen LogP contribution in [0.1, 0.15) is 26.2 Å². The summed E-state index contributed by atoms with van der Waals surface area (Å²) in [7, 11) is 1.73. The van der Waals surface area contributed by atoms with Crippen molar-refractivity contribution in [2.24, 2.45) is 5.92 Å². The van der Waals surface area contributed by atoms with Crippen LogP contribution in [0.25, 0.3) is 0 Å². The minimum atomic E-state index is 0.580. The molecule has 0 spiro atoms. The fourth-order valence-corrected chi connectivity index (χ4v) is 3.55. The Morgan fingerprint density at radius 3 is 2.85 bits per heavy atom. The smallest absolute Gasteiger partial charge is 0.135 e. The van der Waals surface area contributed by atoms with Gasteiger partial charge in [0, 0.05) is 36.9 Å². The highest BCUT2D eigenvalue weighted by Crippen LogP contribution is 2.37. The third kappa shape index (κ3) is 2.82. The van der Waals surface area contributed by atoms with Crippen LogP contribution in [0.2, 0.25) is 0 Å². The molecule has 0 bridgehead atoms. The van der Waals surface area contributed by atoms with E-state index in [0.29, 0.717) is 12.1 Å². The number of nitrogens with one attached hydrogen (secondary N) is 1. The first-order valence-corrected chi connectivity index (χ1v) is 8.35. The fraction of sp³-hybridized carbons (Fsp3) is 0.625. The molecular weight excluding hydrogens is 316 g/mol. The van der Waals surface area contributed by atoms with Crippen molar-refractivity contribution >= 4 is 21.6 Å². The average Bonchev–Trinajstić information content (AvgIpc) is 3.32. The molecule has 2 atom stereocenters. The average molecular weight is 339 g/mol. The molecule has 2 unspecified atom stereocenters. The molecule has 1 aromatic carbocycles. The highest BCUT2D eigenvalue weighted by atomic mass is 79.9. The molecule has 1 saturated heterocycles. The number of anilines is 1. The lowest BCUT2D eigenvalue weighted by Crippen LogP contribution is -2.57. The lowest BCUT2D eigenvalue weighted by molar-refractivity contribution is 0.359. The van der Waals surface area contributed by atoms with Crippen molar-refractivity contribution in [1.29, 1.82) is 0 Å². The van der Waals surface area contributed by atoms with Crippen molar-refractivity contribution in [2.45, 2.75) is 38.3 Å². The van der Waals surface area contributed by atoms with Gasteiger partial charge in [-0.1, -0.05) is 6.92 Å². The van der Waals surface area contributed by atoms with Crippen LogP contribution < -0.4 is 15.0 Å². The number of nitrogens with zero attached hydrogens (tertiary/aromatic N) is 1. The van der Waals surface area contributed by atoms with Gasteiger partial charge in [0.25, 0.3) is 0 Å². The van der Waals surface area contributed by atoms with Gasteiger partial charge in [0.15, 0.2) is 0 Å². The van der Waals surface area contributed by atoms with Gasteiger partial charge in [0.1, 0.15) is 5.75 Å². The van der Waals surface area contributed by atoms with Crippen LogP contribution in [0.5, 0.6) is 5.75 Å². The van der Waals surface area contributed by atoms with E-state index in [-0.39, 0.29) is 0 Å². The Kier molecular flexibility index (Phi) is 4.22. The summed E-state index contributed by atoms with van der Waals surface area (Å²) in [5.74, 6) is 1.81. The molecule has 1 aliphatic carbocycles. The zero-order chi connectivity index (χ0) is 14.1. The third-order valence-corrected chi connectivity index (χ3v) is 5.23. The topological polar surface area (TPSA) is 24.5 Å². The summed E-state index contributed by atoms with van der Waals surface area (Å²) in [6, 6.07) is 7.69. The summed E-state index contributed by atoms with van der Waals surface area (Å²) in [6.45, 7) is 4.48. The van der Waals surface area contributed by atoms with Crippen LogP contribution in [-0.2, 0) is 0 Å². The summed E-state index contributed by atoms with van der Waals surface area (Å²) < 4.78 is 6.46. The van der Waals surface area contributed by atoms with Crippen molar-refractivity contribution in [2.75, 3.05) is 25.1 Å². The maximum Gasteiger partial charge on any atom is 0.135 e. The van der Waals surface area contributed by atoms with Crippen molar-refractivity contribution in [1.82, 2.24) is 5.32 Å². The quantitative estimate of drug-likeness (QED) is 0.910. The van der Waals surface area contributed by atoms with Crippen LogP contribution in [0.15, 0.2) is 22.7 Å². The van der Waals surface area contributed by atoms with Gasteiger partial charge in [-0.15, -0.1) is 0 Å². The highest BCUT2D eigenvalue weighted by molar-refractivity contribution is 9.10. The summed E-state index contributed by atoms with van der Waals surface area (Å²) in [4.78, 5) is 2.56. The standard InChI is InChI=1S/C16H23BrN2O/c1-3-12-9-18-15(11-4-5-11)10-19(12)13-6-7-14(17)16(8-13)20-2/h6-8,11-12,15,18H,3-5,9-10H2,1-2H3. The molecule has 2 fully saturated rings. The van der Waals surface area contributed by atoms with E-state index in [4.69, 9.17) is 4.74 Å². The molecule has 1 N–H and O–H groups in total. The number of hydrogen-bond donors (Lipinski definition) is 1. The minimum Gasteiger partial charge on any atom is -0.495 e. The molecule has 1 saturated carbocycles. The van der Waals surface area contributed by atoms with Crippen molar-refractivity contribution in [3.63, 3.8) is 0 Å². The maximum atomic E-state index is 5.44. The molecular formula is C16H23BrN2O. The Bertz CT molecular complexity index is 476.